The van der Waals surface area contributed by atoms with Gasteiger partial charge in [0.05, 0.1) is 12.6 Å². The Morgan fingerprint density at radius 2 is 1.85 bits per heavy atom. The van der Waals surface area contributed by atoms with Crippen molar-refractivity contribution in [2.45, 2.75) is 26.3 Å². The third-order valence-electron chi connectivity index (χ3n) is 5.84. The lowest BCUT2D eigenvalue weighted by atomic mass is 9.93. The van der Waals surface area contributed by atoms with Gasteiger partial charge in [0.1, 0.15) is 5.75 Å². The number of ether oxygens (including phenoxy) is 1. The minimum absolute atomic E-state index is 0.0265. The Labute approximate surface area is 209 Å². The van der Waals surface area contributed by atoms with Crippen molar-refractivity contribution >= 4 is 34.8 Å². The largest absolute Gasteiger partial charge is 0.484 e. The monoisotopic (exact) mass is 496 g/mol. The number of thiophene rings is 1. The van der Waals surface area contributed by atoms with E-state index in [0.717, 1.165) is 17.5 Å². The van der Waals surface area contributed by atoms with Gasteiger partial charge in [0.2, 0.25) is 5.91 Å². The molecule has 0 saturated heterocycles. The number of hydrogen-bond acceptors (Lipinski definition) is 4. The van der Waals surface area contributed by atoms with Crippen LogP contribution in [-0.4, -0.2) is 47.9 Å². The van der Waals surface area contributed by atoms with Crippen molar-refractivity contribution < 1.29 is 14.3 Å². The lowest BCUT2D eigenvalue weighted by Crippen LogP contribution is -2.48. The number of benzene rings is 2. The molecular formula is C27H29ClN2O3S. The third kappa shape index (κ3) is 5.80. The quantitative estimate of drug-likeness (QED) is 0.417. The summed E-state index contributed by atoms with van der Waals surface area (Å²) in [6.45, 7) is 5.11. The molecule has 2 amide bonds. The molecule has 34 heavy (non-hydrogen) atoms. The summed E-state index contributed by atoms with van der Waals surface area (Å²) >= 11 is 7.85. The summed E-state index contributed by atoms with van der Waals surface area (Å²) in [4.78, 5) is 31.5. The predicted octanol–water partition coefficient (Wildman–Crippen LogP) is 5.44. The molecule has 1 atom stereocenters. The molecule has 3 aromatic rings. The summed E-state index contributed by atoms with van der Waals surface area (Å²) in [7, 11) is 0. The van der Waals surface area contributed by atoms with E-state index in [0.29, 0.717) is 23.9 Å². The summed E-state index contributed by atoms with van der Waals surface area (Å²) in [5, 5.41) is 2.74. The first-order valence-corrected chi connectivity index (χ1v) is 12.7. The summed E-state index contributed by atoms with van der Waals surface area (Å²) in [5.74, 6) is 0.605. The smallest absolute Gasteiger partial charge is 0.260 e. The molecule has 2 aromatic carbocycles. The van der Waals surface area contributed by atoms with Crippen LogP contribution < -0.4 is 4.74 Å². The molecule has 2 heterocycles. The van der Waals surface area contributed by atoms with Crippen LogP contribution in [0.3, 0.4) is 0 Å². The highest BCUT2D eigenvalue weighted by atomic mass is 35.5. The van der Waals surface area contributed by atoms with Gasteiger partial charge in [-0.15, -0.1) is 11.3 Å². The molecule has 1 aliphatic heterocycles. The van der Waals surface area contributed by atoms with Gasteiger partial charge < -0.3 is 14.5 Å². The second-order valence-corrected chi connectivity index (χ2v) is 10.3. The van der Waals surface area contributed by atoms with Gasteiger partial charge in [-0.2, -0.15) is 0 Å². The molecular weight excluding hydrogens is 468 g/mol. The first kappa shape index (κ1) is 24.3. The molecule has 0 spiro atoms. The zero-order valence-corrected chi connectivity index (χ0v) is 21.0. The number of halogens is 1. The van der Waals surface area contributed by atoms with E-state index in [1.807, 2.05) is 73.3 Å². The van der Waals surface area contributed by atoms with Crippen LogP contribution in [0.1, 0.15) is 35.9 Å². The Hall–Kier alpha value is -2.83. The van der Waals surface area contributed by atoms with E-state index in [9.17, 15) is 9.59 Å². The predicted molar refractivity (Wildman–Crippen MR) is 136 cm³/mol. The SMILES string of the molecule is CC(C)CN(CC(=O)N1CCc2sccc2C1c1ccc(Cl)cc1)C(=O)COc1ccccc1. The van der Waals surface area contributed by atoms with E-state index in [1.54, 1.807) is 16.2 Å². The molecule has 0 radical (unpaired) electrons. The van der Waals surface area contributed by atoms with Crippen molar-refractivity contribution in [1.82, 2.24) is 9.80 Å². The number of rotatable bonds is 8. The molecule has 0 saturated carbocycles. The fourth-order valence-electron chi connectivity index (χ4n) is 4.29. The van der Waals surface area contributed by atoms with Gasteiger partial charge >= 0.3 is 0 Å². The van der Waals surface area contributed by atoms with Crippen LogP contribution in [0.15, 0.2) is 66.0 Å². The van der Waals surface area contributed by atoms with Gasteiger partial charge in [-0.05, 0) is 59.2 Å². The van der Waals surface area contributed by atoms with E-state index in [1.165, 1.54) is 4.88 Å². The highest BCUT2D eigenvalue weighted by Gasteiger charge is 2.34. The normalized spacial score (nSPS) is 15.2. The number of nitrogens with zero attached hydrogens (tertiary/aromatic N) is 2. The fourth-order valence-corrected chi connectivity index (χ4v) is 5.32. The minimum atomic E-state index is -0.192. The summed E-state index contributed by atoms with van der Waals surface area (Å²) in [5.41, 5.74) is 2.17. The Kier molecular flexibility index (Phi) is 7.91. The van der Waals surface area contributed by atoms with E-state index in [2.05, 4.69) is 11.4 Å². The van der Waals surface area contributed by atoms with Gasteiger partial charge in [0.25, 0.3) is 5.91 Å². The number of amides is 2. The maximum Gasteiger partial charge on any atom is 0.260 e. The highest BCUT2D eigenvalue weighted by molar-refractivity contribution is 7.10. The maximum absolute atomic E-state index is 13.6. The first-order valence-electron chi connectivity index (χ1n) is 11.5. The first-order chi connectivity index (χ1) is 16.4. The van der Waals surface area contributed by atoms with Gasteiger partial charge in [-0.3, -0.25) is 9.59 Å². The third-order valence-corrected chi connectivity index (χ3v) is 7.09. The van der Waals surface area contributed by atoms with Crippen LogP contribution in [0, 0.1) is 5.92 Å². The minimum Gasteiger partial charge on any atom is -0.484 e. The second kappa shape index (κ2) is 11.1. The van der Waals surface area contributed by atoms with Gasteiger partial charge in [0.15, 0.2) is 6.61 Å². The van der Waals surface area contributed by atoms with Crippen LogP contribution in [-0.2, 0) is 16.0 Å². The van der Waals surface area contributed by atoms with Crippen LogP contribution in [0.2, 0.25) is 5.02 Å². The average Bonchev–Trinajstić information content (AvgIpc) is 3.31. The standard InChI is InChI=1S/C27H29ClN2O3S/c1-19(2)16-29(26(32)18-33-22-6-4-3-5-7-22)17-25(31)30-14-12-24-23(13-15-34-24)27(30)20-8-10-21(28)11-9-20/h3-11,13,15,19,27H,12,14,16-18H2,1-2H3. The van der Waals surface area contributed by atoms with Crippen molar-refractivity contribution in [1.29, 1.82) is 0 Å². The van der Waals surface area contributed by atoms with E-state index >= 15 is 0 Å². The number of hydrogen-bond donors (Lipinski definition) is 0. The van der Waals surface area contributed by atoms with Gasteiger partial charge in [-0.25, -0.2) is 0 Å². The zero-order valence-electron chi connectivity index (χ0n) is 19.4. The Bertz CT molecular complexity index is 1110. The molecule has 0 N–H and O–H groups in total. The van der Waals surface area contributed by atoms with E-state index < -0.39 is 0 Å². The average molecular weight is 497 g/mol. The van der Waals surface area contributed by atoms with E-state index in [4.69, 9.17) is 16.3 Å². The molecule has 1 unspecified atom stereocenters. The molecule has 1 aliphatic rings. The van der Waals surface area contributed by atoms with Crippen LogP contribution in [0.25, 0.3) is 0 Å². The topological polar surface area (TPSA) is 49.9 Å². The molecule has 0 bridgehead atoms. The number of fused-ring (bicyclic) bond motifs is 1. The van der Waals surface area contributed by atoms with Crippen LogP contribution in [0.5, 0.6) is 5.75 Å². The Morgan fingerprint density at radius 1 is 1.12 bits per heavy atom. The lowest BCUT2D eigenvalue weighted by molar-refractivity contribution is -0.143. The molecule has 178 valence electrons. The van der Waals surface area contributed by atoms with Crippen molar-refractivity contribution in [3.8, 4) is 5.75 Å². The fraction of sp³-hybridized carbons (Fsp3) is 0.333. The zero-order chi connectivity index (χ0) is 24.1. The summed E-state index contributed by atoms with van der Waals surface area (Å²) < 4.78 is 5.67. The molecule has 0 fully saturated rings. The maximum atomic E-state index is 13.6. The molecule has 0 aliphatic carbocycles. The number of carbonyl (C=O) groups is 2. The van der Waals surface area contributed by atoms with Gasteiger partial charge in [0, 0.05) is 23.0 Å². The molecule has 5 nitrogen and oxygen atoms in total. The van der Waals surface area contributed by atoms with Crippen molar-refractivity contribution in [3.05, 3.63) is 87.1 Å². The molecule has 4 rings (SSSR count). The molecule has 7 heteroatoms. The number of para-hydroxylation sites is 1. The highest BCUT2D eigenvalue weighted by Crippen LogP contribution is 2.38. The van der Waals surface area contributed by atoms with Crippen molar-refractivity contribution in [3.63, 3.8) is 0 Å². The van der Waals surface area contributed by atoms with Crippen LogP contribution >= 0.6 is 22.9 Å². The number of carbonyl (C=O) groups excluding carboxylic acids is 2. The van der Waals surface area contributed by atoms with Gasteiger partial charge in [-0.1, -0.05) is 55.8 Å². The summed E-state index contributed by atoms with van der Waals surface area (Å²) in [6.07, 6.45) is 0.818. The van der Waals surface area contributed by atoms with Crippen molar-refractivity contribution in [2.75, 3.05) is 26.2 Å². The van der Waals surface area contributed by atoms with Crippen LogP contribution in [0.4, 0.5) is 0 Å². The second-order valence-electron chi connectivity index (χ2n) is 8.86. The molecule has 1 aromatic heterocycles. The lowest BCUT2D eigenvalue weighted by Gasteiger charge is -2.38. The van der Waals surface area contributed by atoms with Crippen molar-refractivity contribution in [2.24, 2.45) is 5.92 Å². The van der Waals surface area contributed by atoms with E-state index in [-0.39, 0.29) is 36.9 Å². The Balaban J connectivity index is 1.52. The summed E-state index contributed by atoms with van der Waals surface area (Å²) in [6, 6.07) is 18.8. The Morgan fingerprint density at radius 3 is 2.56 bits per heavy atom.